The van der Waals surface area contributed by atoms with Crippen molar-refractivity contribution >= 4 is 41.0 Å². The Labute approximate surface area is 410 Å². The van der Waals surface area contributed by atoms with Gasteiger partial charge < -0.3 is 28.8 Å². The molecule has 5 unspecified atom stereocenters. The van der Waals surface area contributed by atoms with E-state index in [1.165, 1.54) is 35.4 Å². The fourth-order valence-electron chi connectivity index (χ4n) is 10.2. The van der Waals surface area contributed by atoms with Crippen molar-refractivity contribution in [1.29, 1.82) is 0 Å². The number of piperidine rings is 1. The highest BCUT2D eigenvalue weighted by atomic mass is 32.1. The second kappa shape index (κ2) is 23.2. The fourth-order valence-corrected chi connectivity index (χ4v) is 11.2. The van der Waals surface area contributed by atoms with E-state index < -0.39 is 17.6 Å². The van der Waals surface area contributed by atoms with Crippen LogP contribution in [0.5, 0.6) is 0 Å². The maximum Gasteiger partial charge on any atom is 0.293 e. The lowest BCUT2D eigenvalue weighted by Gasteiger charge is -2.42. The molecule has 5 atom stereocenters. The van der Waals surface area contributed by atoms with Crippen molar-refractivity contribution in [3.63, 3.8) is 0 Å². The summed E-state index contributed by atoms with van der Waals surface area (Å²) in [5.74, 6) is 0.892. The molecule has 4 aliphatic rings. The molecule has 1 saturated carbocycles. The number of ether oxygens (including phenoxy) is 4. The number of carbonyl (C=O) groups is 3. The van der Waals surface area contributed by atoms with Crippen molar-refractivity contribution in [3.8, 4) is 22.5 Å². The summed E-state index contributed by atoms with van der Waals surface area (Å²) in [6.07, 6.45) is 10.7. The van der Waals surface area contributed by atoms with E-state index in [2.05, 4.69) is 88.6 Å². The molecule has 16 heteroatoms. The first-order valence-corrected chi connectivity index (χ1v) is 25.7. The van der Waals surface area contributed by atoms with Crippen molar-refractivity contribution in [3.05, 3.63) is 87.8 Å². The summed E-state index contributed by atoms with van der Waals surface area (Å²) in [5, 5.41) is 7.97. The minimum Gasteiger partial charge on any atom is -0.467 e. The molecule has 0 bridgehead atoms. The van der Waals surface area contributed by atoms with Crippen LogP contribution in [0.25, 0.3) is 33.4 Å². The third kappa shape index (κ3) is 11.8. The molecule has 3 saturated heterocycles. The molecule has 5 aromatic rings. The zero-order valence-corrected chi connectivity index (χ0v) is 42.0. The largest absolute Gasteiger partial charge is 0.467 e. The molecule has 370 valence electrons. The highest BCUT2D eigenvalue weighted by Crippen LogP contribution is 2.44. The zero-order chi connectivity index (χ0) is 48.5. The van der Waals surface area contributed by atoms with Crippen LogP contribution < -0.4 is 10.7 Å². The normalized spacial score (nSPS) is 20.0. The molecule has 4 aromatic heterocycles. The van der Waals surface area contributed by atoms with Crippen molar-refractivity contribution in [2.75, 3.05) is 59.7 Å². The number of methoxy groups -OCH3 is 1. The van der Waals surface area contributed by atoms with E-state index in [4.69, 9.17) is 28.9 Å². The Bertz CT molecular complexity index is 2500. The van der Waals surface area contributed by atoms with Gasteiger partial charge in [0, 0.05) is 103 Å². The molecule has 0 spiro atoms. The minimum atomic E-state index is -0.949. The van der Waals surface area contributed by atoms with Crippen LogP contribution in [0.15, 0.2) is 60.2 Å². The minimum absolute atomic E-state index is 0.256. The Kier molecular flexibility index (Phi) is 16.9. The third-order valence-electron chi connectivity index (χ3n) is 14.0. The Morgan fingerprint density at radius 2 is 1.91 bits per heavy atom. The van der Waals surface area contributed by atoms with E-state index >= 15 is 0 Å². The van der Waals surface area contributed by atoms with Gasteiger partial charge in [0.15, 0.2) is 0 Å². The van der Waals surface area contributed by atoms with E-state index in [9.17, 15) is 14.4 Å². The fraction of sp³-hybridized carbons (Fsp3) is 0.547. The number of amides is 2. The number of nitrogens with one attached hydrogen (secondary N) is 2. The Balaban J connectivity index is 0.000000633. The number of rotatable bonds is 19. The van der Waals surface area contributed by atoms with Crippen LogP contribution in [-0.2, 0) is 46.3 Å². The highest BCUT2D eigenvalue weighted by Gasteiger charge is 2.37. The number of morpholine rings is 1. The SMILES string of the molecule is CCOC(c1nc(-c2ccc3c(c2)c(CC(C)(C)COC=O)c(-c2cc(C4CCN5CCOCC5C4)cnc2C(C)OC)n3CC)cs1)C(NC=O)C(=O)N1CCCCN1.c1ccc(C2CC2)nc1. The first-order valence-electron chi connectivity index (χ1n) is 24.9. The number of aromatic nitrogens is 4. The summed E-state index contributed by atoms with van der Waals surface area (Å²) in [6.45, 7) is 17.0. The van der Waals surface area contributed by atoms with Crippen LogP contribution in [-0.4, -0.2) is 120 Å². The number of pyridine rings is 2. The molecule has 2 N–H and O–H groups in total. The van der Waals surface area contributed by atoms with Crippen LogP contribution in [0.4, 0.5) is 0 Å². The number of thiazole rings is 1. The van der Waals surface area contributed by atoms with Crippen LogP contribution >= 0.6 is 11.3 Å². The first-order chi connectivity index (χ1) is 33.6. The number of fused-ring (bicyclic) bond motifs is 2. The van der Waals surface area contributed by atoms with E-state index in [0.717, 1.165) is 103 Å². The molecule has 0 radical (unpaired) electrons. The maximum atomic E-state index is 13.7. The maximum absolute atomic E-state index is 13.7. The number of hydrogen-bond donors (Lipinski definition) is 2. The number of benzene rings is 1. The van der Waals surface area contributed by atoms with E-state index in [1.807, 2.05) is 31.5 Å². The lowest BCUT2D eigenvalue weighted by Crippen LogP contribution is -2.56. The smallest absolute Gasteiger partial charge is 0.293 e. The second-order valence-corrected chi connectivity index (χ2v) is 20.3. The zero-order valence-electron chi connectivity index (χ0n) is 41.2. The molecule has 4 fully saturated rings. The van der Waals surface area contributed by atoms with Gasteiger partial charge in [0.25, 0.3) is 12.4 Å². The highest BCUT2D eigenvalue weighted by molar-refractivity contribution is 7.10. The molecule has 69 heavy (non-hydrogen) atoms. The monoisotopic (exact) mass is 963 g/mol. The number of carbonyl (C=O) groups excluding carboxylic acids is 3. The Morgan fingerprint density at radius 3 is 2.62 bits per heavy atom. The van der Waals surface area contributed by atoms with Gasteiger partial charge in [-0.3, -0.25) is 34.3 Å². The number of hydrazine groups is 1. The summed E-state index contributed by atoms with van der Waals surface area (Å²) in [4.78, 5) is 54.1. The Morgan fingerprint density at radius 1 is 1.06 bits per heavy atom. The summed E-state index contributed by atoms with van der Waals surface area (Å²) >= 11 is 1.41. The molecular formula is C53H70N8O7S. The van der Waals surface area contributed by atoms with Crippen LogP contribution in [0.2, 0.25) is 0 Å². The predicted molar refractivity (Wildman–Crippen MR) is 268 cm³/mol. The van der Waals surface area contributed by atoms with Crippen LogP contribution in [0.3, 0.4) is 0 Å². The lowest BCUT2D eigenvalue weighted by atomic mass is 9.82. The Hall–Kier alpha value is -5.10. The van der Waals surface area contributed by atoms with Crippen molar-refractivity contribution in [1.82, 2.24) is 40.2 Å². The average molecular weight is 963 g/mol. The number of hydrogen-bond acceptors (Lipinski definition) is 13. The van der Waals surface area contributed by atoms with Crippen LogP contribution in [0.1, 0.15) is 125 Å². The summed E-state index contributed by atoms with van der Waals surface area (Å²) in [5.41, 5.74) is 12.1. The van der Waals surface area contributed by atoms with Crippen molar-refractivity contribution in [2.45, 2.75) is 122 Å². The van der Waals surface area contributed by atoms with Crippen LogP contribution in [0, 0.1) is 5.41 Å². The molecule has 15 nitrogen and oxygen atoms in total. The average Bonchev–Trinajstić information content (AvgIpc) is 4.05. The van der Waals surface area contributed by atoms with E-state index in [-0.39, 0.29) is 18.6 Å². The van der Waals surface area contributed by atoms with Gasteiger partial charge in [0.1, 0.15) is 17.2 Å². The summed E-state index contributed by atoms with van der Waals surface area (Å²) < 4.78 is 25.8. The quantitative estimate of drug-likeness (QED) is 0.0766. The van der Waals surface area contributed by atoms with Gasteiger partial charge in [-0.05, 0) is 120 Å². The van der Waals surface area contributed by atoms with E-state index in [1.54, 1.807) is 12.1 Å². The molecule has 3 aliphatic heterocycles. The van der Waals surface area contributed by atoms with Gasteiger partial charge in [0.05, 0.1) is 43.0 Å². The second-order valence-electron chi connectivity index (χ2n) is 19.5. The van der Waals surface area contributed by atoms with Crippen molar-refractivity contribution in [2.24, 2.45) is 5.41 Å². The molecule has 9 rings (SSSR count). The van der Waals surface area contributed by atoms with Gasteiger partial charge in [-0.15, -0.1) is 11.3 Å². The predicted octanol–water partition coefficient (Wildman–Crippen LogP) is 8.15. The third-order valence-corrected chi connectivity index (χ3v) is 14.9. The topological polar surface area (TPSA) is 162 Å². The number of nitrogens with zero attached hydrogens (tertiary/aromatic N) is 6. The lowest BCUT2D eigenvalue weighted by molar-refractivity contribution is -0.143. The standard InChI is InChI=1S/C45H61N7O7S.C8H9N/c1-7-51-38-12-11-31(37-25-60-43(49-37)42(59-8-2)40(47-27-53)44(55)52-15-10-9-14-48-52)20-34(38)36(22-45(4,5)26-58-28-54)41(51)35-21-32(23-46-39(35)29(3)56-6)30-13-16-50-17-18-57-24-33(50)19-30;1-2-6-9-8(3-1)7-4-5-7/h11-12,20-21,23,25,27-30,33,40,42,48H,7-10,13-19,22,24,26H2,1-6H3,(H,47,53);1-3,6-7H,4-5H2. The molecular weight excluding hydrogens is 893 g/mol. The van der Waals surface area contributed by atoms with E-state index in [0.29, 0.717) is 62.5 Å². The van der Waals surface area contributed by atoms with Gasteiger partial charge in [0.2, 0.25) is 6.41 Å². The van der Waals surface area contributed by atoms with Gasteiger partial charge in [-0.1, -0.05) is 26.0 Å². The molecule has 1 aromatic carbocycles. The molecule has 7 heterocycles. The summed E-state index contributed by atoms with van der Waals surface area (Å²) in [6, 6.07) is 14.4. The molecule has 1 aliphatic carbocycles. The van der Waals surface area contributed by atoms with Crippen molar-refractivity contribution < 1.29 is 33.3 Å². The van der Waals surface area contributed by atoms with Gasteiger partial charge in [-0.2, -0.15) is 0 Å². The first kappa shape index (κ1) is 50.3. The van der Waals surface area contributed by atoms with Gasteiger partial charge >= 0.3 is 0 Å². The van der Waals surface area contributed by atoms with Gasteiger partial charge in [-0.25, -0.2) is 10.4 Å². The molecule has 2 amide bonds. The number of aryl methyl sites for hydroxylation is 1. The summed E-state index contributed by atoms with van der Waals surface area (Å²) in [7, 11) is 1.72.